The van der Waals surface area contributed by atoms with Gasteiger partial charge in [0.25, 0.3) is 5.56 Å². The summed E-state index contributed by atoms with van der Waals surface area (Å²) in [5.74, 6) is -0.0549. The predicted octanol–water partition coefficient (Wildman–Crippen LogP) is 3.10. The molecule has 0 radical (unpaired) electrons. The van der Waals surface area contributed by atoms with Gasteiger partial charge in [-0.2, -0.15) is 0 Å². The predicted molar refractivity (Wildman–Crippen MR) is 97.4 cm³/mol. The average Bonchev–Trinajstić information content (AvgIpc) is 2.84. The summed E-state index contributed by atoms with van der Waals surface area (Å²) in [6.07, 6.45) is 0. The van der Waals surface area contributed by atoms with Gasteiger partial charge in [-0.25, -0.2) is 4.98 Å². The van der Waals surface area contributed by atoms with E-state index in [4.69, 9.17) is 5.73 Å². The number of nitrogens with zero attached hydrogens (tertiary/aromatic N) is 2. The van der Waals surface area contributed by atoms with Crippen LogP contribution in [0.4, 0.5) is 0 Å². The third-order valence-corrected chi connectivity index (χ3v) is 5.25. The highest BCUT2D eigenvalue weighted by Crippen LogP contribution is 2.36. The smallest absolute Gasteiger partial charge is 0.263 e. The van der Waals surface area contributed by atoms with Gasteiger partial charge in [0.05, 0.1) is 5.39 Å². The zero-order valence-corrected chi connectivity index (χ0v) is 14.9. The van der Waals surface area contributed by atoms with Gasteiger partial charge in [0.1, 0.15) is 16.7 Å². The van der Waals surface area contributed by atoms with E-state index in [1.165, 1.54) is 15.9 Å². The van der Waals surface area contributed by atoms with Crippen molar-refractivity contribution in [1.29, 1.82) is 0 Å². The van der Waals surface area contributed by atoms with Gasteiger partial charge < -0.3 is 5.73 Å². The summed E-state index contributed by atoms with van der Waals surface area (Å²) in [6.45, 7) is 7.35. The van der Waals surface area contributed by atoms with Crippen LogP contribution in [0.25, 0.3) is 21.3 Å². The van der Waals surface area contributed by atoms with Gasteiger partial charge >= 0.3 is 0 Å². The summed E-state index contributed by atoms with van der Waals surface area (Å²) in [4.78, 5) is 30.9. The van der Waals surface area contributed by atoms with Crippen LogP contribution in [-0.2, 0) is 4.79 Å². The van der Waals surface area contributed by atoms with E-state index in [1.807, 2.05) is 38.1 Å². The minimum atomic E-state index is -0.736. The molecule has 1 aromatic carbocycles. The van der Waals surface area contributed by atoms with Gasteiger partial charge in [0, 0.05) is 10.4 Å². The van der Waals surface area contributed by atoms with Crippen molar-refractivity contribution < 1.29 is 4.79 Å². The third kappa shape index (κ3) is 2.53. The maximum Gasteiger partial charge on any atom is 0.263 e. The number of amides is 1. The van der Waals surface area contributed by atoms with Crippen LogP contribution in [0, 0.1) is 20.8 Å². The summed E-state index contributed by atoms with van der Waals surface area (Å²) in [6, 6.07) is 7.31. The molecule has 1 unspecified atom stereocenters. The Hall–Kier alpha value is -2.47. The maximum absolute atomic E-state index is 13.1. The van der Waals surface area contributed by atoms with Crippen molar-refractivity contribution in [2.24, 2.45) is 5.73 Å². The molecule has 5 nitrogen and oxygen atoms in total. The fraction of sp³-hybridized carbons (Fsp3) is 0.278. The third-order valence-electron chi connectivity index (χ3n) is 4.25. The summed E-state index contributed by atoms with van der Waals surface area (Å²) in [5.41, 5.74) is 8.20. The van der Waals surface area contributed by atoms with Crippen molar-refractivity contribution in [1.82, 2.24) is 9.55 Å². The minimum absolute atomic E-state index is 0.219. The molecule has 6 heteroatoms. The van der Waals surface area contributed by atoms with Gasteiger partial charge in [0.2, 0.25) is 5.91 Å². The number of benzene rings is 1. The molecule has 0 aliphatic rings. The first kappa shape index (κ1) is 16.4. The Morgan fingerprint density at radius 3 is 2.42 bits per heavy atom. The van der Waals surface area contributed by atoms with Crippen LogP contribution in [0.5, 0.6) is 0 Å². The second-order valence-corrected chi connectivity index (χ2v) is 7.20. The van der Waals surface area contributed by atoms with E-state index in [0.717, 1.165) is 21.6 Å². The molecule has 2 aromatic heterocycles. The first-order valence-electron chi connectivity index (χ1n) is 7.70. The molecule has 0 fully saturated rings. The highest BCUT2D eigenvalue weighted by atomic mass is 32.1. The number of primary amides is 1. The molecule has 0 bridgehead atoms. The Balaban J connectivity index is 2.38. The summed E-state index contributed by atoms with van der Waals surface area (Å²) in [5, 5.41) is 0.556. The summed E-state index contributed by atoms with van der Waals surface area (Å²) in [7, 11) is 0. The Morgan fingerprint density at radius 1 is 1.21 bits per heavy atom. The van der Waals surface area contributed by atoms with Crippen LogP contribution >= 0.6 is 11.3 Å². The number of thiophene rings is 1. The van der Waals surface area contributed by atoms with Crippen LogP contribution in [0.3, 0.4) is 0 Å². The topological polar surface area (TPSA) is 78.0 Å². The lowest BCUT2D eigenvalue weighted by molar-refractivity contribution is -0.120. The fourth-order valence-corrected chi connectivity index (χ4v) is 4.01. The lowest BCUT2D eigenvalue weighted by atomic mass is 10.0. The van der Waals surface area contributed by atoms with E-state index >= 15 is 0 Å². The molecule has 1 amide bonds. The molecular formula is C18H19N3O2S. The zero-order valence-electron chi connectivity index (χ0n) is 14.1. The molecule has 124 valence electrons. The number of rotatable bonds is 3. The number of aromatic nitrogens is 2. The molecule has 3 rings (SSSR count). The van der Waals surface area contributed by atoms with E-state index in [0.29, 0.717) is 16.0 Å². The maximum atomic E-state index is 13.1. The van der Waals surface area contributed by atoms with Crippen molar-refractivity contribution >= 4 is 27.5 Å². The Kier molecular flexibility index (Phi) is 4.01. The lowest BCUT2D eigenvalue weighted by Gasteiger charge is -2.14. The fourth-order valence-electron chi connectivity index (χ4n) is 2.93. The average molecular weight is 341 g/mol. The van der Waals surface area contributed by atoms with Gasteiger partial charge in [-0.3, -0.25) is 14.2 Å². The van der Waals surface area contributed by atoms with Crippen molar-refractivity contribution in [2.45, 2.75) is 33.7 Å². The quantitative estimate of drug-likeness (QED) is 0.795. The SMILES string of the molecule is Cc1ccc(-c2c(C)sc3nc(C)n(C(C)C(N)=O)c(=O)c23)cc1. The standard InChI is InChI=1S/C18H19N3O2S/c1-9-5-7-13(8-6-9)14-11(3)24-17-15(14)18(23)21(12(4)20-17)10(2)16(19)22/h5-8,10H,1-4H3,(H2,19,22). The number of nitrogens with two attached hydrogens (primary N) is 1. The Morgan fingerprint density at radius 2 is 1.83 bits per heavy atom. The number of carbonyl (C=O) groups is 1. The van der Waals surface area contributed by atoms with Crippen LogP contribution in [-0.4, -0.2) is 15.5 Å². The van der Waals surface area contributed by atoms with Crippen molar-refractivity contribution in [3.8, 4) is 11.1 Å². The largest absolute Gasteiger partial charge is 0.368 e. The van der Waals surface area contributed by atoms with Gasteiger partial charge in [-0.1, -0.05) is 29.8 Å². The molecule has 24 heavy (non-hydrogen) atoms. The van der Waals surface area contributed by atoms with Crippen molar-refractivity contribution in [2.75, 3.05) is 0 Å². The summed E-state index contributed by atoms with van der Waals surface area (Å²) >= 11 is 1.49. The van der Waals surface area contributed by atoms with E-state index in [9.17, 15) is 9.59 Å². The zero-order chi connectivity index (χ0) is 17.6. The van der Waals surface area contributed by atoms with Crippen LogP contribution in [0.1, 0.15) is 29.2 Å². The number of aryl methyl sites for hydroxylation is 3. The van der Waals surface area contributed by atoms with Crippen LogP contribution in [0.2, 0.25) is 0 Å². The molecular weight excluding hydrogens is 322 g/mol. The van der Waals surface area contributed by atoms with Crippen molar-refractivity contribution in [3.63, 3.8) is 0 Å². The lowest BCUT2D eigenvalue weighted by Crippen LogP contribution is -2.34. The molecule has 2 heterocycles. The molecule has 1 atom stereocenters. The van der Waals surface area contributed by atoms with Gasteiger partial charge in [-0.15, -0.1) is 11.3 Å². The molecule has 0 aliphatic carbocycles. The summed E-state index contributed by atoms with van der Waals surface area (Å²) < 4.78 is 1.38. The molecule has 3 aromatic rings. The normalized spacial score (nSPS) is 12.5. The van der Waals surface area contributed by atoms with Crippen LogP contribution < -0.4 is 11.3 Å². The first-order valence-corrected chi connectivity index (χ1v) is 8.51. The second-order valence-electron chi connectivity index (χ2n) is 5.99. The van der Waals surface area contributed by atoms with E-state index in [-0.39, 0.29) is 5.56 Å². The van der Waals surface area contributed by atoms with Crippen molar-refractivity contribution in [3.05, 3.63) is 50.9 Å². The monoisotopic (exact) mass is 341 g/mol. The van der Waals surface area contributed by atoms with E-state index in [2.05, 4.69) is 4.98 Å². The molecule has 0 saturated carbocycles. The number of carbonyl (C=O) groups excluding carboxylic acids is 1. The highest BCUT2D eigenvalue weighted by molar-refractivity contribution is 7.19. The Bertz CT molecular complexity index is 1000. The van der Waals surface area contributed by atoms with E-state index < -0.39 is 11.9 Å². The molecule has 2 N–H and O–H groups in total. The molecule has 0 saturated heterocycles. The second kappa shape index (κ2) is 5.87. The van der Waals surface area contributed by atoms with Gasteiger partial charge in [-0.05, 0) is 33.3 Å². The van der Waals surface area contributed by atoms with Gasteiger partial charge in [0.15, 0.2) is 0 Å². The number of hydrogen-bond acceptors (Lipinski definition) is 4. The number of fused-ring (bicyclic) bond motifs is 1. The Labute approximate surface area is 143 Å². The minimum Gasteiger partial charge on any atom is -0.368 e. The molecule has 0 aliphatic heterocycles. The van der Waals surface area contributed by atoms with Crippen LogP contribution in [0.15, 0.2) is 29.1 Å². The first-order chi connectivity index (χ1) is 11.3. The molecule has 0 spiro atoms. The number of hydrogen-bond donors (Lipinski definition) is 1. The highest BCUT2D eigenvalue weighted by Gasteiger charge is 2.22. The van der Waals surface area contributed by atoms with E-state index in [1.54, 1.807) is 13.8 Å².